The van der Waals surface area contributed by atoms with Gasteiger partial charge in [0.25, 0.3) is 0 Å². The second-order valence-corrected chi connectivity index (χ2v) is 9.11. The number of benzene rings is 1. The molecule has 4 N–H and O–H groups in total. The van der Waals surface area contributed by atoms with Crippen molar-refractivity contribution in [3.8, 4) is 0 Å². The van der Waals surface area contributed by atoms with Crippen molar-refractivity contribution in [1.29, 1.82) is 0 Å². The summed E-state index contributed by atoms with van der Waals surface area (Å²) in [6.45, 7) is 6.71. The molecule has 0 saturated carbocycles. The first-order chi connectivity index (χ1) is 13.7. The van der Waals surface area contributed by atoms with Crippen molar-refractivity contribution in [1.82, 2.24) is 15.3 Å². The molecule has 0 bridgehead atoms. The number of nitrogens with two attached hydrogens (primary N) is 1. The number of amides is 1. The molecular formula is C21H27ClFN5O. The Morgan fingerprint density at radius 1 is 1.31 bits per heavy atom. The molecule has 0 spiro atoms. The second kappa shape index (κ2) is 8.73. The van der Waals surface area contributed by atoms with Crippen molar-refractivity contribution < 1.29 is 9.18 Å². The van der Waals surface area contributed by atoms with Gasteiger partial charge in [0, 0.05) is 12.0 Å². The second-order valence-electron chi connectivity index (χ2n) is 8.70. The van der Waals surface area contributed by atoms with Gasteiger partial charge in [-0.15, -0.1) is 0 Å². The van der Waals surface area contributed by atoms with E-state index in [4.69, 9.17) is 17.3 Å². The molecule has 3 rings (SSSR count). The van der Waals surface area contributed by atoms with Gasteiger partial charge < -0.3 is 16.4 Å². The van der Waals surface area contributed by atoms with Crippen LogP contribution in [-0.4, -0.2) is 34.5 Å². The minimum absolute atomic E-state index is 0.0150. The monoisotopic (exact) mass is 419 g/mol. The zero-order valence-electron chi connectivity index (χ0n) is 16.8. The first kappa shape index (κ1) is 21.6. The van der Waals surface area contributed by atoms with Crippen LogP contribution in [0.2, 0.25) is 5.02 Å². The van der Waals surface area contributed by atoms with Crippen LogP contribution < -0.4 is 16.4 Å². The Morgan fingerprint density at radius 3 is 2.62 bits per heavy atom. The van der Waals surface area contributed by atoms with Crippen LogP contribution >= 0.6 is 11.6 Å². The Hall–Kier alpha value is -2.09. The topological polar surface area (TPSA) is 92.9 Å². The summed E-state index contributed by atoms with van der Waals surface area (Å²) < 4.78 is 14.9. The lowest BCUT2D eigenvalue weighted by Crippen LogP contribution is -2.42. The van der Waals surface area contributed by atoms with Crippen LogP contribution in [0.15, 0.2) is 36.9 Å². The van der Waals surface area contributed by atoms with Crippen molar-refractivity contribution in [2.45, 2.75) is 45.2 Å². The highest BCUT2D eigenvalue weighted by Gasteiger charge is 2.48. The summed E-state index contributed by atoms with van der Waals surface area (Å²) in [5.74, 6) is -1.35. The van der Waals surface area contributed by atoms with E-state index in [1.54, 1.807) is 12.1 Å². The van der Waals surface area contributed by atoms with Gasteiger partial charge in [-0.3, -0.25) is 4.79 Å². The van der Waals surface area contributed by atoms with E-state index in [9.17, 15) is 9.18 Å². The lowest BCUT2D eigenvalue weighted by atomic mass is 9.77. The number of carbonyl (C=O) groups is 1. The van der Waals surface area contributed by atoms with Crippen LogP contribution in [0.3, 0.4) is 0 Å². The van der Waals surface area contributed by atoms with Gasteiger partial charge in [0.05, 0.1) is 29.1 Å². The highest BCUT2D eigenvalue weighted by molar-refractivity contribution is 6.30. The van der Waals surface area contributed by atoms with E-state index in [0.29, 0.717) is 17.8 Å². The van der Waals surface area contributed by atoms with Gasteiger partial charge in [0.15, 0.2) is 0 Å². The summed E-state index contributed by atoms with van der Waals surface area (Å²) in [6, 6.07) is 4.19. The summed E-state index contributed by atoms with van der Waals surface area (Å²) in [4.78, 5) is 21.0. The van der Waals surface area contributed by atoms with Crippen LogP contribution in [-0.2, 0) is 4.79 Å². The van der Waals surface area contributed by atoms with Gasteiger partial charge in [-0.2, -0.15) is 0 Å². The minimum Gasteiger partial charge on any atom is -0.330 e. The van der Waals surface area contributed by atoms with Gasteiger partial charge in [-0.05, 0) is 35.9 Å². The molecule has 0 radical (unpaired) electrons. The molecule has 1 fully saturated rings. The number of halogens is 2. The number of rotatable bonds is 5. The Morgan fingerprint density at radius 2 is 2.00 bits per heavy atom. The first-order valence-corrected chi connectivity index (χ1v) is 10.0. The molecule has 1 saturated heterocycles. The van der Waals surface area contributed by atoms with E-state index >= 15 is 0 Å². The number of hydrogen-bond donors (Lipinski definition) is 3. The highest BCUT2D eigenvalue weighted by Crippen LogP contribution is 2.42. The number of nitrogens with zero attached hydrogens (tertiary/aromatic N) is 2. The quantitative estimate of drug-likeness (QED) is 0.691. The molecule has 6 nitrogen and oxygen atoms in total. The van der Waals surface area contributed by atoms with E-state index in [0.717, 1.165) is 6.42 Å². The van der Waals surface area contributed by atoms with E-state index < -0.39 is 17.8 Å². The number of hydrogen-bond acceptors (Lipinski definition) is 5. The standard InChI is InChI=1S/C21H27ClFN5O/c1-21(2,3)7-16-14(8-24)17(13-5-4-6-15(22)18(13)23)19(28-16)20(29)27-12-9-25-11-26-10-12/h4-6,9-11,14,16-17,19,28H,7-8,24H2,1-3H3,(H,27,29)/t14?,16?,17?,19-/m1/s1. The average molecular weight is 420 g/mol. The zero-order valence-corrected chi connectivity index (χ0v) is 17.6. The summed E-state index contributed by atoms with van der Waals surface area (Å²) in [5, 5.41) is 6.28. The van der Waals surface area contributed by atoms with Gasteiger partial charge in [0.1, 0.15) is 12.1 Å². The van der Waals surface area contributed by atoms with Crippen LogP contribution in [0.25, 0.3) is 0 Å². The minimum atomic E-state index is -0.663. The molecule has 1 aromatic heterocycles. The van der Waals surface area contributed by atoms with Crippen molar-refractivity contribution >= 4 is 23.2 Å². The lowest BCUT2D eigenvalue weighted by molar-refractivity contribution is -0.118. The third-order valence-electron chi connectivity index (χ3n) is 5.29. The first-order valence-electron chi connectivity index (χ1n) is 9.67. The van der Waals surface area contributed by atoms with Crippen LogP contribution in [0, 0.1) is 17.2 Å². The highest BCUT2D eigenvalue weighted by atomic mass is 35.5. The maximum atomic E-state index is 14.9. The fourth-order valence-corrected chi connectivity index (χ4v) is 4.33. The molecule has 1 amide bonds. The molecule has 2 aromatic rings. The van der Waals surface area contributed by atoms with Crippen molar-refractivity contribution in [3.63, 3.8) is 0 Å². The van der Waals surface area contributed by atoms with E-state index in [-0.39, 0.29) is 28.3 Å². The fourth-order valence-electron chi connectivity index (χ4n) is 4.15. The summed E-state index contributed by atoms with van der Waals surface area (Å²) in [5.41, 5.74) is 7.03. The van der Waals surface area contributed by atoms with Gasteiger partial charge in [-0.25, -0.2) is 14.4 Å². The molecule has 156 valence electrons. The molecule has 3 unspecified atom stereocenters. The van der Waals surface area contributed by atoms with Gasteiger partial charge in [0.2, 0.25) is 5.91 Å². The van der Waals surface area contributed by atoms with Crippen molar-refractivity contribution in [3.05, 3.63) is 53.3 Å². The van der Waals surface area contributed by atoms with Gasteiger partial charge >= 0.3 is 0 Å². The third kappa shape index (κ3) is 4.91. The molecule has 1 aromatic carbocycles. The SMILES string of the molecule is CC(C)(C)CC1N[C@@H](C(=O)Nc2cncnc2)C(c2cccc(Cl)c2F)C1CN. The Labute approximate surface area is 175 Å². The average Bonchev–Trinajstić information content (AvgIpc) is 3.01. The molecule has 0 aliphatic carbocycles. The molecule has 4 atom stereocenters. The smallest absolute Gasteiger partial charge is 0.242 e. The van der Waals surface area contributed by atoms with Crippen molar-refractivity contribution in [2.75, 3.05) is 11.9 Å². The molecule has 1 aliphatic rings. The predicted octanol–water partition coefficient (Wildman–Crippen LogP) is 3.34. The zero-order chi connectivity index (χ0) is 21.2. The van der Waals surface area contributed by atoms with Crippen LogP contribution in [0.5, 0.6) is 0 Å². The number of nitrogens with one attached hydrogen (secondary N) is 2. The van der Waals surface area contributed by atoms with Gasteiger partial charge in [-0.1, -0.05) is 44.5 Å². The number of aromatic nitrogens is 2. The lowest BCUT2D eigenvalue weighted by Gasteiger charge is -2.29. The fraction of sp³-hybridized carbons (Fsp3) is 0.476. The molecule has 2 heterocycles. The third-order valence-corrected chi connectivity index (χ3v) is 5.58. The van der Waals surface area contributed by atoms with Crippen molar-refractivity contribution in [2.24, 2.45) is 17.1 Å². The van der Waals surface area contributed by atoms with E-state index in [1.165, 1.54) is 24.8 Å². The maximum Gasteiger partial charge on any atom is 0.242 e. The predicted molar refractivity (Wildman–Crippen MR) is 112 cm³/mol. The Kier molecular flexibility index (Phi) is 6.51. The van der Waals surface area contributed by atoms with Crippen LogP contribution in [0.1, 0.15) is 38.7 Å². The summed E-state index contributed by atoms with van der Waals surface area (Å²) in [6.07, 6.45) is 5.22. The number of anilines is 1. The molecule has 1 aliphatic heterocycles. The Balaban J connectivity index is 1.98. The molecular weight excluding hydrogens is 393 g/mol. The van der Waals surface area contributed by atoms with E-state index in [2.05, 4.69) is 41.4 Å². The molecule has 29 heavy (non-hydrogen) atoms. The normalized spacial score (nSPS) is 24.5. The maximum absolute atomic E-state index is 14.9. The Bertz CT molecular complexity index is 858. The largest absolute Gasteiger partial charge is 0.330 e. The molecule has 8 heteroatoms. The van der Waals surface area contributed by atoms with Crippen LogP contribution in [0.4, 0.5) is 10.1 Å². The summed E-state index contributed by atoms with van der Waals surface area (Å²) >= 11 is 6.04. The summed E-state index contributed by atoms with van der Waals surface area (Å²) in [7, 11) is 0. The number of carbonyl (C=O) groups excluding carboxylic acids is 1. The van der Waals surface area contributed by atoms with E-state index in [1.807, 2.05) is 0 Å².